The lowest BCUT2D eigenvalue weighted by Gasteiger charge is -2.28. The number of piperazine rings is 1. The number of aliphatic hydroxyl groups excluding tert-OH is 1. The van der Waals surface area contributed by atoms with Crippen molar-refractivity contribution in [1.82, 2.24) is 4.90 Å². The van der Waals surface area contributed by atoms with E-state index in [1.54, 1.807) is 11.0 Å². The molecule has 2 aromatic carbocycles. The lowest BCUT2D eigenvalue weighted by Crippen LogP contribution is -2.41. The zero-order valence-corrected chi connectivity index (χ0v) is 19.9. The van der Waals surface area contributed by atoms with Gasteiger partial charge in [0.05, 0.1) is 37.4 Å². The number of rotatable bonds is 5. The molecule has 2 saturated heterocycles. The Morgan fingerprint density at radius 2 is 1.85 bits per heavy atom. The number of benzene rings is 2. The molecule has 1 N–H and O–H groups in total. The van der Waals surface area contributed by atoms with Crippen LogP contribution in [0.2, 0.25) is 0 Å². The molecule has 8 nitrogen and oxygen atoms in total. The summed E-state index contributed by atoms with van der Waals surface area (Å²) in [5, 5.41) is 10.4. The molecule has 3 heterocycles. The molecule has 2 aromatic rings. The van der Waals surface area contributed by atoms with E-state index in [4.69, 9.17) is 14.2 Å². The second-order valence-electron chi connectivity index (χ2n) is 10.1. The van der Waals surface area contributed by atoms with Crippen LogP contribution in [0.4, 0.5) is 10.5 Å². The highest BCUT2D eigenvalue weighted by Gasteiger charge is 2.67. The van der Waals surface area contributed by atoms with Crippen LogP contribution in [0.5, 0.6) is 5.75 Å². The SMILES string of the molecule is COC(=O)c1cc(OCc2ccccc2)c2c(c1)N1C[C@H]3[C@@H]([C@@H]1[C@@H]2CO)N3C(=O)OC(C)(C)C. The number of esters is 1. The van der Waals surface area contributed by atoms with Gasteiger partial charge in [0.1, 0.15) is 18.0 Å². The van der Waals surface area contributed by atoms with Gasteiger partial charge in [0.25, 0.3) is 0 Å². The quantitative estimate of drug-likeness (QED) is 0.534. The van der Waals surface area contributed by atoms with E-state index in [1.165, 1.54) is 7.11 Å². The maximum Gasteiger partial charge on any atom is 0.411 e. The van der Waals surface area contributed by atoms with Gasteiger partial charge >= 0.3 is 12.1 Å². The van der Waals surface area contributed by atoms with Crippen LogP contribution >= 0.6 is 0 Å². The Morgan fingerprint density at radius 1 is 1.12 bits per heavy atom. The fourth-order valence-corrected chi connectivity index (χ4v) is 5.36. The largest absolute Gasteiger partial charge is 0.489 e. The topological polar surface area (TPSA) is 88.3 Å². The predicted octanol–water partition coefficient (Wildman–Crippen LogP) is 3.32. The molecule has 0 spiro atoms. The Labute approximate surface area is 199 Å². The van der Waals surface area contributed by atoms with Gasteiger partial charge in [-0.2, -0.15) is 0 Å². The zero-order valence-electron chi connectivity index (χ0n) is 19.9. The predicted molar refractivity (Wildman–Crippen MR) is 125 cm³/mol. The van der Waals surface area contributed by atoms with Crippen LogP contribution in [0.15, 0.2) is 42.5 Å². The van der Waals surface area contributed by atoms with E-state index in [2.05, 4.69) is 4.90 Å². The van der Waals surface area contributed by atoms with Gasteiger partial charge in [-0.15, -0.1) is 0 Å². The van der Waals surface area contributed by atoms with Crippen LogP contribution in [0.3, 0.4) is 0 Å². The van der Waals surface area contributed by atoms with E-state index in [-0.39, 0.29) is 36.7 Å². The summed E-state index contributed by atoms with van der Waals surface area (Å²) in [6.07, 6.45) is -0.328. The van der Waals surface area contributed by atoms with Crippen LogP contribution in [0.25, 0.3) is 0 Å². The minimum Gasteiger partial charge on any atom is -0.489 e. The maximum atomic E-state index is 12.7. The summed E-state index contributed by atoms with van der Waals surface area (Å²) in [5.41, 5.74) is 2.54. The average molecular weight is 467 g/mol. The molecule has 0 saturated carbocycles. The Bertz CT molecular complexity index is 1110. The van der Waals surface area contributed by atoms with Gasteiger partial charge in [0, 0.05) is 23.7 Å². The molecule has 0 radical (unpaired) electrons. The smallest absolute Gasteiger partial charge is 0.411 e. The monoisotopic (exact) mass is 466 g/mol. The molecule has 0 aromatic heterocycles. The highest BCUT2D eigenvalue weighted by atomic mass is 16.6. The number of methoxy groups -OCH3 is 1. The third-order valence-electron chi connectivity index (χ3n) is 6.75. The number of ether oxygens (including phenoxy) is 3. The first-order chi connectivity index (χ1) is 16.2. The molecule has 1 amide bonds. The molecule has 4 atom stereocenters. The van der Waals surface area contributed by atoms with Crippen molar-refractivity contribution in [2.45, 2.75) is 57.0 Å². The molecule has 0 unspecified atom stereocenters. The Kier molecular flexibility index (Phi) is 5.43. The van der Waals surface area contributed by atoms with Crippen LogP contribution in [-0.2, 0) is 16.1 Å². The Balaban J connectivity index is 1.47. The van der Waals surface area contributed by atoms with Gasteiger partial charge in [-0.05, 0) is 38.5 Å². The van der Waals surface area contributed by atoms with Gasteiger partial charge in [0.15, 0.2) is 0 Å². The van der Waals surface area contributed by atoms with Gasteiger partial charge in [-0.3, -0.25) is 4.90 Å². The minimum atomic E-state index is -0.573. The first kappa shape index (κ1) is 22.5. The number of hydrogen-bond donors (Lipinski definition) is 1. The average Bonchev–Trinajstić information content (AvgIpc) is 3.24. The van der Waals surface area contributed by atoms with E-state index in [9.17, 15) is 14.7 Å². The summed E-state index contributed by atoms with van der Waals surface area (Å²) in [6.45, 7) is 6.39. The molecule has 3 aliphatic heterocycles. The van der Waals surface area contributed by atoms with Gasteiger partial charge in [-0.1, -0.05) is 30.3 Å². The van der Waals surface area contributed by atoms with Crippen LogP contribution < -0.4 is 9.64 Å². The fourth-order valence-electron chi connectivity index (χ4n) is 5.36. The zero-order chi connectivity index (χ0) is 24.2. The van der Waals surface area contributed by atoms with Crippen molar-refractivity contribution in [3.8, 4) is 5.75 Å². The van der Waals surface area contributed by atoms with Crippen molar-refractivity contribution >= 4 is 17.7 Å². The number of hydrogen-bond acceptors (Lipinski definition) is 7. The highest BCUT2D eigenvalue weighted by Crippen LogP contribution is 2.56. The van der Waals surface area contributed by atoms with Crippen LogP contribution in [0.1, 0.15) is 48.2 Å². The molecule has 180 valence electrons. The van der Waals surface area contributed by atoms with E-state index < -0.39 is 11.6 Å². The number of nitrogens with zero attached hydrogens (tertiary/aromatic N) is 2. The minimum absolute atomic E-state index is 0.0255. The third kappa shape index (κ3) is 3.76. The molecule has 34 heavy (non-hydrogen) atoms. The Hall–Kier alpha value is -3.26. The molecule has 3 aliphatic rings. The van der Waals surface area contributed by atoms with Crippen LogP contribution in [-0.4, -0.2) is 66.1 Å². The summed E-state index contributed by atoms with van der Waals surface area (Å²) in [5.74, 6) is -0.151. The second-order valence-corrected chi connectivity index (χ2v) is 10.1. The molecule has 2 fully saturated rings. The highest BCUT2D eigenvalue weighted by molar-refractivity contribution is 5.92. The van der Waals surface area contributed by atoms with E-state index in [0.29, 0.717) is 24.5 Å². The van der Waals surface area contributed by atoms with E-state index in [1.807, 2.05) is 57.2 Å². The van der Waals surface area contributed by atoms with Crippen molar-refractivity contribution in [2.75, 3.05) is 25.2 Å². The standard InChI is InChI=1S/C26H30N2O6/c1-26(2,3)34-25(31)28-19-12-27-18-10-16(24(30)32-4)11-20(33-14-15-8-6-5-7-9-15)21(18)17(13-29)22(27)23(19)28/h5-11,17,19,22-23,29H,12-14H2,1-4H3/t17-,19+,22+,23+,28?/m1/s1. The maximum absolute atomic E-state index is 12.7. The summed E-state index contributed by atoms with van der Waals surface area (Å²) in [7, 11) is 1.35. The van der Waals surface area contributed by atoms with Crippen molar-refractivity contribution < 1.29 is 28.9 Å². The number of carbonyl (C=O) groups is 2. The number of fused-ring (bicyclic) bond motifs is 5. The molecule has 0 aliphatic carbocycles. The number of carbonyl (C=O) groups excluding carboxylic acids is 2. The summed E-state index contributed by atoms with van der Waals surface area (Å²) in [4.78, 5) is 29.1. The fraction of sp³-hybridized carbons (Fsp3) is 0.462. The summed E-state index contributed by atoms with van der Waals surface area (Å²) < 4.78 is 16.8. The van der Waals surface area contributed by atoms with Crippen molar-refractivity contribution in [3.63, 3.8) is 0 Å². The molecule has 8 heteroatoms. The lowest BCUT2D eigenvalue weighted by atomic mass is 9.92. The Morgan fingerprint density at radius 3 is 2.50 bits per heavy atom. The van der Waals surface area contributed by atoms with Gasteiger partial charge in [-0.25, -0.2) is 9.59 Å². The molecular formula is C26H30N2O6. The third-order valence-corrected chi connectivity index (χ3v) is 6.75. The normalized spacial score (nSPS) is 24.3. The van der Waals surface area contributed by atoms with Gasteiger partial charge < -0.3 is 24.2 Å². The van der Waals surface area contributed by atoms with E-state index >= 15 is 0 Å². The lowest BCUT2D eigenvalue weighted by molar-refractivity contribution is 0.0378. The molecular weight excluding hydrogens is 436 g/mol. The number of aliphatic hydroxyl groups is 1. The number of amides is 1. The molecule has 0 bridgehead atoms. The van der Waals surface area contributed by atoms with Crippen molar-refractivity contribution in [2.24, 2.45) is 0 Å². The first-order valence-electron chi connectivity index (χ1n) is 11.6. The second kappa shape index (κ2) is 8.20. The number of anilines is 1. The molecule has 5 rings (SSSR count). The van der Waals surface area contributed by atoms with E-state index in [0.717, 1.165) is 16.8 Å². The summed E-state index contributed by atoms with van der Waals surface area (Å²) >= 11 is 0. The van der Waals surface area contributed by atoms with Crippen molar-refractivity contribution in [1.29, 1.82) is 0 Å². The van der Waals surface area contributed by atoms with Crippen molar-refractivity contribution in [3.05, 3.63) is 59.2 Å². The van der Waals surface area contributed by atoms with Crippen LogP contribution in [0, 0.1) is 0 Å². The van der Waals surface area contributed by atoms with Gasteiger partial charge in [0.2, 0.25) is 0 Å². The first-order valence-corrected chi connectivity index (χ1v) is 11.6. The summed E-state index contributed by atoms with van der Waals surface area (Å²) in [6, 6.07) is 13.1.